The van der Waals surface area contributed by atoms with Gasteiger partial charge in [-0.25, -0.2) is 0 Å². The fraction of sp³-hybridized carbons (Fsp3) is 1.00. The predicted octanol–water partition coefficient (Wildman–Crippen LogP) is 2.16. The maximum Gasteiger partial charge on any atom is 0.0211 e. The lowest BCUT2D eigenvalue weighted by Crippen LogP contribution is -2.61. The molecule has 3 atom stereocenters. The lowest BCUT2D eigenvalue weighted by molar-refractivity contribution is 0.0245. The Labute approximate surface area is 69.4 Å². The molecule has 0 aromatic carbocycles. The third-order valence-corrected chi connectivity index (χ3v) is 4.04. The van der Waals surface area contributed by atoms with Gasteiger partial charge in [0.05, 0.1) is 0 Å². The molecule has 0 radical (unpaired) electrons. The van der Waals surface area contributed by atoms with Gasteiger partial charge >= 0.3 is 0 Å². The van der Waals surface area contributed by atoms with Gasteiger partial charge in [0.2, 0.25) is 0 Å². The van der Waals surface area contributed by atoms with Crippen LogP contribution in [0.3, 0.4) is 0 Å². The van der Waals surface area contributed by atoms with Crippen molar-refractivity contribution in [1.82, 2.24) is 0 Å². The van der Waals surface area contributed by atoms with Crippen LogP contribution in [0, 0.1) is 17.8 Å². The van der Waals surface area contributed by atoms with Crippen molar-refractivity contribution in [3.8, 4) is 0 Å². The molecule has 2 rings (SSSR count). The molecule has 0 spiro atoms. The largest absolute Gasteiger partial charge is 0.325 e. The molecule has 2 fully saturated rings. The van der Waals surface area contributed by atoms with Crippen LogP contribution in [-0.4, -0.2) is 5.54 Å². The number of nitrogens with two attached hydrogens (primary N) is 1. The molecule has 1 nitrogen and oxygen atoms in total. The summed E-state index contributed by atoms with van der Waals surface area (Å²) < 4.78 is 0. The van der Waals surface area contributed by atoms with Gasteiger partial charge in [-0.15, -0.1) is 0 Å². The Balaban J connectivity index is 2.08. The van der Waals surface area contributed by atoms with Crippen molar-refractivity contribution in [2.75, 3.05) is 0 Å². The summed E-state index contributed by atoms with van der Waals surface area (Å²) in [6.45, 7) is 4.54. The Morgan fingerprint density at radius 1 is 1.36 bits per heavy atom. The molecule has 11 heavy (non-hydrogen) atoms. The van der Waals surface area contributed by atoms with Crippen molar-refractivity contribution >= 4 is 0 Å². The molecule has 0 bridgehead atoms. The average Bonchev–Trinajstić information content (AvgIpc) is 2.29. The minimum absolute atomic E-state index is 0.223. The van der Waals surface area contributed by atoms with Gasteiger partial charge in [-0.3, -0.25) is 0 Å². The minimum Gasteiger partial charge on any atom is -0.325 e. The summed E-state index contributed by atoms with van der Waals surface area (Å²) in [4.78, 5) is 0. The summed E-state index contributed by atoms with van der Waals surface area (Å²) in [6, 6.07) is 0. The van der Waals surface area contributed by atoms with Crippen molar-refractivity contribution < 1.29 is 0 Å². The first-order chi connectivity index (χ1) is 5.14. The fourth-order valence-electron chi connectivity index (χ4n) is 3.10. The second-order valence-electron chi connectivity index (χ2n) is 4.77. The molecule has 2 N–H and O–H groups in total. The molecule has 2 aliphatic rings. The van der Waals surface area contributed by atoms with Crippen LogP contribution < -0.4 is 5.73 Å². The van der Waals surface area contributed by atoms with E-state index in [1.54, 1.807) is 0 Å². The van der Waals surface area contributed by atoms with E-state index >= 15 is 0 Å². The Morgan fingerprint density at radius 2 is 2.09 bits per heavy atom. The normalized spacial score (nSPS) is 49.1. The predicted molar refractivity (Wildman–Crippen MR) is 47.2 cm³/mol. The van der Waals surface area contributed by atoms with Crippen molar-refractivity contribution in [3.63, 3.8) is 0 Å². The van der Waals surface area contributed by atoms with Gasteiger partial charge in [0.15, 0.2) is 0 Å². The van der Waals surface area contributed by atoms with Crippen LogP contribution in [0.2, 0.25) is 0 Å². The summed E-state index contributed by atoms with van der Waals surface area (Å²) >= 11 is 0. The summed E-state index contributed by atoms with van der Waals surface area (Å²) in [7, 11) is 0. The summed E-state index contributed by atoms with van der Waals surface area (Å²) in [5.41, 5.74) is 6.55. The highest BCUT2D eigenvalue weighted by Crippen LogP contribution is 2.55. The fourth-order valence-corrected chi connectivity index (χ4v) is 3.10. The molecular formula is C10H19N. The van der Waals surface area contributed by atoms with Crippen molar-refractivity contribution in [2.45, 2.75) is 45.1 Å². The van der Waals surface area contributed by atoms with E-state index in [1.807, 2.05) is 0 Å². The third kappa shape index (κ3) is 0.868. The SMILES string of the molecule is CC(C)C1(N)CC2CCCC21. The van der Waals surface area contributed by atoms with Gasteiger partial charge in [0, 0.05) is 5.54 Å². The number of hydrogen-bond acceptors (Lipinski definition) is 1. The van der Waals surface area contributed by atoms with Crippen molar-refractivity contribution in [2.24, 2.45) is 23.5 Å². The topological polar surface area (TPSA) is 26.0 Å². The molecule has 0 amide bonds. The highest BCUT2D eigenvalue weighted by Gasteiger charge is 2.54. The number of rotatable bonds is 1. The van der Waals surface area contributed by atoms with Gasteiger partial charge in [-0.2, -0.15) is 0 Å². The average molecular weight is 153 g/mol. The Morgan fingerprint density at radius 3 is 2.64 bits per heavy atom. The summed E-state index contributed by atoms with van der Waals surface area (Å²) in [5, 5.41) is 0. The molecule has 1 heteroatoms. The van der Waals surface area contributed by atoms with Gasteiger partial charge < -0.3 is 5.73 Å². The van der Waals surface area contributed by atoms with E-state index in [0.717, 1.165) is 11.8 Å². The van der Waals surface area contributed by atoms with Crippen LogP contribution in [0.15, 0.2) is 0 Å². The zero-order valence-corrected chi connectivity index (χ0v) is 7.64. The molecular weight excluding hydrogens is 134 g/mol. The lowest BCUT2D eigenvalue weighted by atomic mass is 9.57. The Bertz CT molecular complexity index is 164. The van der Waals surface area contributed by atoms with E-state index in [4.69, 9.17) is 5.73 Å². The van der Waals surface area contributed by atoms with Crippen molar-refractivity contribution in [1.29, 1.82) is 0 Å². The van der Waals surface area contributed by atoms with E-state index in [0.29, 0.717) is 5.92 Å². The quantitative estimate of drug-likeness (QED) is 0.614. The highest BCUT2D eigenvalue weighted by molar-refractivity contribution is 5.09. The molecule has 0 aromatic heterocycles. The first-order valence-electron chi connectivity index (χ1n) is 4.93. The van der Waals surface area contributed by atoms with Crippen molar-refractivity contribution in [3.05, 3.63) is 0 Å². The van der Waals surface area contributed by atoms with Crippen LogP contribution in [0.1, 0.15) is 39.5 Å². The maximum atomic E-state index is 6.33. The monoisotopic (exact) mass is 153 g/mol. The first-order valence-corrected chi connectivity index (χ1v) is 4.93. The molecule has 0 saturated heterocycles. The zero-order valence-electron chi connectivity index (χ0n) is 7.64. The van der Waals surface area contributed by atoms with Crippen LogP contribution in [-0.2, 0) is 0 Å². The van der Waals surface area contributed by atoms with Crippen LogP contribution in [0.25, 0.3) is 0 Å². The molecule has 0 aliphatic heterocycles. The minimum atomic E-state index is 0.223. The molecule has 0 heterocycles. The number of hydrogen-bond donors (Lipinski definition) is 1. The smallest absolute Gasteiger partial charge is 0.0211 e. The van der Waals surface area contributed by atoms with E-state index in [-0.39, 0.29) is 5.54 Å². The lowest BCUT2D eigenvalue weighted by Gasteiger charge is -2.53. The Hall–Kier alpha value is -0.0400. The second-order valence-corrected chi connectivity index (χ2v) is 4.77. The van der Waals surface area contributed by atoms with E-state index in [2.05, 4.69) is 13.8 Å². The van der Waals surface area contributed by atoms with Crippen LogP contribution >= 0.6 is 0 Å². The van der Waals surface area contributed by atoms with E-state index in [1.165, 1.54) is 25.7 Å². The third-order valence-electron chi connectivity index (χ3n) is 4.04. The molecule has 2 saturated carbocycles. The van der Waals surface area contributed by atoms with E-state index in [9.17, 15) is 0 Å². The van der Waals surface area contributed by atoms with E-state index < -0.39 is 0 Å². The molecule has 0 aromatic rings. The summed E-state index contributed by atoms with van der Waals surface area (Å²) in [5.74, 6) is 2.56. The second kappa shape index (κ2) is 2.22. The van der Waals surface area contributed by atoms with Gasteiger partial charge in [-0.1, -0.05) is 26.7 Å². The zero-order chi connectivity index (χ0) is 8.06. The molecule has 2 aliphatic carbocycles. The van der Waals surface area contributed by atoms with Gasteiger partial charge in [-0.05, 0) is 30.6 Å². The summed E-state index contributed by atoms with van der Waals surface area (Å²) in [6.07, 6.45) is 5.59. The molecule has 64 valence electrons. The Kier molecular flexibility index (Phi) is 1.54. The highest BCUT2D eigenvalue weighted by atomic mass is 14.8. The molecule has 3 unspecified atom stereocenters. The van der Waals surface area contributed by atoms with Crippen LogP contribution in [0.4, 0.5) is 0 Å². The maximum absolute atomic E-state index is 6.33. The first kappa shape index (κ1) is 7.60. The van der Waals surface area contributed by atoms with Crippen LogP contribution in [0.5, 0.6) is 0 Å². The van der Waals surface area contributed by atoms with Gasteiger partial charge in [0.25, 0.3) is 0 Å². The number of fused-ring (bicyclic) bond motifs is 1. The van der Waals surface area contributed by atoms with Gasteiger partial charge in [0.1, 0.15) is 0 Å². The standard InChI is InChI=1S/C10H19N/c1-7(2)10(11)6-8-4-3-5-9(8)10/h7-9H,3-6,11H2,1-2H3.